The third-order valence-corrected chi connectivity index (χ3v) is 9.16. The van der Waals surface area contributed by atoms with Gasteiger partial charge in [0.25, 0.3) is 0 Å². The molecule has 4 N–H and O–H groups in total. The molecule has 276 valence electrons. The molecule has 0 aromatic rings. The lowest BCUT2D eigenvalue weighted by Crippen LogP contribution is -2.45. The van der Waals surface area contributed by atoms with Crippen molar-refractivity contribution >= 4 is 5.91 Å². The zero-order valence-corrected chi connectivity index (χ0v) is 31.2. The van der Waals surface area contributed by atoms with Gasteiger partial charge in [-0.3, -0.25) is 4.79 Å². The molecule has 0 aromatic carbocycles. The zero-order valence-electron chi connectivity index (χ0n) is 31.2. The van der Waals surface area contributed by atoms with Crippen molar-refractivity contribution in [1.29, 1.82) is 0 Å². The summed E-state index contributed by atoms with van der Waals surface area (Å²) in [6, 6.07) is -0.764. The quantitative estimate of drug-likeness (QED) is 0.0397. The highest BCUT2D eigenvalue weighted by molar-refractivity contribution is 5.76. The van der Waals surface area contributed by atoms with Crippen molar-refractivity contribution < 1.29 is 20.1 Å². The molecule has 47 heavy (non-hydrogen) atoms. The maximum absolute atomic E-state index is 12.4. The third kappa shape index (κ3) is 34.2. The number of allylic oxidation sites excluding steroid dienone is 5. The Hall–Kier alpha value is -1.43. The van der Waals surface area contributed by atoms with E-state index in [-0.39, 0.29) is 18.9 Å². The number of aliphatic hydroxyl groups excluding tert-OH is 3. The van der Waals surface area contributed by atoms with Crippen molar-refractivity contribution in [2.45, 2.75) is 218 Å². The predicted octanol–water partition coefficient (Wildman–Crippen LogP) is 11.2. The average Bonchev–Trinajstić information content (AvgIpc) is 3.06. The Balaban J connectivity index is 3.75. The van der Waals surface area contributed by atoms with Crippen molar-refractivity contribution in [3.05, 3.63) is 36.5 Å². The lowest BCUT2D eigenvalue weighted by Gasteiger charge is -2.21. The molecule has 0 spiro atoms. The maximum atomic E-state index is 12.4. The Morgan fingerprint density at radius 1 is 0.532 bits per heavy atom. The molecule has 5 nitrogen and oxygen atoms in total. The Morgan fingerprint density at radius 2 is 0.915 bits per heavy atom. The SMILES string of the molecule is CCCCCCC/C=C/CC/C=C/CC/C=C/C(O)C(CO)NC(=O)CC(O)CCCCCCCCCCCCCCCCCCC. The molecule has 0 saturated heterocycles. The van der Waals surface area contributed by atoms with Crippen LogP contribution >= 0.6 is 0 Å². The van der Waals surface area contributed by atoms with E-state index in [1.165, 1.54) is 135 Å². The van der Waals surface area contributed by atoms with Gasteiger partial charge in [0.15, 0.2) is 0 Å². The first-order chi connectivity index (χ1) is 23.0. The van der Waals surface area contributed by atoms with Gasteiger partial charge in [0.05, 0.1) is 31.3 Å². The largest absolute Gasteiger partial charge is 0.394 e. The van der Waals surface area contributed by atoms with Crippen LogP contribution < -0.4 is 5.32 Å². The average molecular weight is 662 g/mol. The molecule has 5 heteroatoms. The second-order valence-electron chi connectivity index (χ2n) is 13.9. The summed E-state index contributed by atoms with van der Waals surface area (Å²) in [5.41, 5.74) is 0. The lowest BCUT2D eigenvalue weighted by molar-refractivity contribution is -0.124. The van der Waals surface area contributed by atoms with E-state index in [0.29, 0.717) is 6.42 Å². The van der Waals surface area contributed by atoms with Gasteiger partial charge in [0, 0.05) is 0 Å². The highest BCUT2D eigenvalue weighted by Crippen LogP contribution is 2.15. The molecule has 0 fully saturated rings. The second-order valence-corrected chi connectivity index (χ2v) is 13.9. The zero-order chi connectivity index (χ0) is 34.5. The van der Waals surface area contributed by atoms with Gasteiger partial charge in [-0.1, -0.05) is 185 Å². The topological polar surface area (TPSA) is 89.8 Å². The molecule has 3 unspecified atom stereocenters. The maximum Gasteiger partial charge on any atom is 0.222 e. The Labute approximate surface area is 292 Å². The van der Waals surface area contributed by atoms with Gasteiger partial charge in [0.2, 0.25) is 5.91 Å². The Kier molecular flexibility index (Phi) is 36.3. The van der Waals surface area contributed by atoms with Crippen molar-refractivity contribution in [2.24, 2.45) is 0 Å². The first-order valence-corrected chi connectivity index (χ1v) is 20.3. The van der Waals surface area contributed by atoms with Crippen molar-refractivity contribution in [3.8, 4) is 0 Å². The number of amides is 1. The summed E-state index contributed by atoms with van der Waals surface area (Å²) in [4.78, 5) is 12.4. The molecular formula is C42H79NO4. The number of rotatable bonds is 36. The van der Waals surface area contributed by atoms with E-state index >= 15 is 0 Å². The fraction of sp³-hybridized carbons (Fsp3) is 0.833. The van der Waals surface area contributed by atoms with Crippen LogP contribution in [0.2, 0.25) is 0 Å². The van der Waals surface area contributed by atoms with Crippen molar-refractivity contribution in [3.63, 3.8) is 0 Å². The predicted molar refractivity (Wildman–Crippen MR) is 204 cm³/mol. The molecule has 0 rings (SSSR count). The van der Waals surface area contributed by atoms with E-state index in [4.69, 9.17) is 0 Å². The van der Waals surface area contributed by atoms with Crippen LogP contribution in [0, 0.1) is 0 Å². The van der Waals surface area contributed by atoms with Gasteiger partial charge in [0.1, 0.15) is 0 Å². The van der Waals surface area contributed by atoms with Crippen LogP contribution in [0.1, 0.15) is 200 Å². The standard InChI is InChI=1S/C42H79NO4/c1-3-5-7-9-11-13-15-17-19-20-22-23-25-27-29-31-33-35-39(45)37-42(47)43-40(38-44)41(46)36-34-32-30-28-26-24-21-18-16-14-12-10-8-6-4-2/h16,18,26,28,34,36,39-41,44-46H,3-15,17,19-25,27,29-33,35,37-38H2,1-2H3,(H,43,47)/b18-16+,28-26+,36-34+. The fourth-order valence-corrected chi connectivity index (χ4v) is 6.02. The highest BCUT2D eigenvalue weighted by Gasteiger charge is 2.20. The van der Waals surface area contributed by atoms with Crippen LogP contribution in [0.25, 0.3) is 0 Å². The molecular weight excluding hydrogens is 582 g/mol. The molecule has 3 atom stereocenters. The summed E-state index contributed by atoms with van der Waals surface area (Å²) in [6.07, 6.45) is 45.6. The minimum absolute atomic E-state index is 0.00470. The van der Waals surface area contributed by atoms with Gasteiger partial charge < -0.3 is 20.6 Å². The number of hydrogen-bond acceptors (Lipinski definition) is 4. The monoisotopic (exact) mass is 662 g/mol. The van der Waals surface area contributed by atoms with Crippen LogP contribution in [0.3, 0.4) is 0 Å². The molecule has 0 saturated carbocycles. The minimum atomic E-state index is -0.956. The van der Waals surface area contributed by atoms with Crippen LogP contribution in [-0.2, 0) is 4.79 Å². The first kappa shape index (κ1) is 45.6. The molecule has 0 aliphatic carbocycles. The van der Waals surface area contributed by atoms with Crippen molar-refractivity contribution in [1.82, 2.24) is 5.32 Å². The normalized spacial score (nSPS) is 14.1. The lowest BCUT2D eigenvalue weighted by atomic mass is 10.0. The van der Waals surface area contributed by atoms with E-state index in [0.717, 1.165) is 38.5 Å². The Morgan fingerprint density at radius 3 is 1.36 bits per heavy atom. The van der Waals surface area contributed by atoms with E-state index in [2.05, 4.69) is 43.5 Å². The third-order valence-electron chi connectivity index (χ3n) is 9.16. The molecule has 0 aliphatic rings. The first-order valence-electron chi connectivity index (χ1n) is 20.3. The van der Waals surface area contributed by atoms with Gasteiger partial charge in [-0.05, 0) is 44.9 Å². The molecule has 0 aromatic heterocycles. The van der Waals surface area contributed by atoms with E-state index in [1.807, 2.05) is 6.08 Å². The number of hydrogen-bond donors (Lipinski definition) is 4. The van der Waals surface area contributed by atoms with Crippen molar-refractivity contribution in [2.75, 3.05) is 6.61 Å². The van der Waals surface area contributed by atoms with Gasteiger partial charge in [-0.15, -0.1) is 0 Å². The van der Waals surface area contributed by atoms with Crippen LogP contribution in [0.4, 0.5) is 0 Å². The van der Waals surface area contributed by atoms with Gasteiger partial charge in [-0.25, -0.2) is 0 Å². The molecule has 0 radical (unpaired) electrons. The molecule has 0 aliphatic heterocycles. The van der Waals surface area contributed by atoms with Gasteiger partial charge >= 0.3 is 0 Å². The number of carbonyl (C=O) groups is 1. The summed E-state index contributed by atoms with van der Waals surface area (Å²) >= 11 is 0. The summed E-state index contributed by atoms with van der Waals surface area (Å²) < 4.78 is 0. The number of aliphatic hydroxyl groups is 3. The highest BCUT2D eigenvalue weighted by atomic mass is 16.3. The summed E-state index contributed by atoms with van der Waals surface area (Å²) in [7, 11) is 0. The molecule has 0 heterocycles. The smallest absolute Gasteiger partial charge is 0.222 e. The Bertz CT molecular complexity index is 734. The van der Waals surface area contributed by atoms with Crippen LogP contribution in [0.15, 0.2) is 36.5 Å². The van der Waals surface area contributed by atoms with Crippen LogP contribution in [-0.4, -0.2) is 46.1 Å². The fourth-order valence-electron chi connectivity index (χ4n) is 6.02. The molecule has 0 bridgehead atoms. The number of nitrogens with one attached hydrogen (secondary N) is 1. The second kappa shape index (κ2) is 37.4. The van der Waals surface area contributed by atoms with Crippen LogP contribution in [0.5, 0.6) is 0 Å². The summed E-state index contributed by atoms with van der Waals surface area (Å²) in [5, 5.41) is 33.1. The summed E-state index contributed by atoms with van der Waals surface area (Å²) in [6.45, 7) is 4.18. The van der Waals surface area contributed by atoms with Gasteiger partial charge in [-0.2, -0.15) is 0 Å². The van der Waals surface area contributed by atoms with E-state index in [9.17, 15) is 20.1 Å². The number of carbonyl (C=O) groups excluding carboxylic acids is 1. The minimum Gasteiger partial charge on any atom is -0.394 e. The van der Waals surface area contributed by atoms with E-state index in [1.54, 1.807) is 6.08 Å². The van der Waals surface area contributed by atoms with E-state index < -0.39 is 18.2 Å². The molecule has 1 amide bonds. The summed E-state index contributed by atoms with van der Waals surface area (Å²) in [5.74, 6) is -0.329. The number of unbranched alkanes of at least 4 members (excludes halogenated alkanes) is 23.